The number of aromatic nitrogens is 1. The molecule has 0 unspecified atom stereocenters. The van der Waals surface area contributed by atoms with Gasteiger partial charge in [-0.15, -0.1) is 0 Å². The van der Waals surface area contributed by atoms with Crippen LogP contribution in [-0.4, -0.2) is 33.1 Å². The quantitative estimate of drug-likeness (QED) is 0.765. The second-order valence-corrected chi connectivity index (χ2v) is 6.81. The lowest BCUT2D eigenvalue weighted by Crippen LogP contribution is -2.36. The molecule has 0 atom stereocenters. The number of benzene rings is 1. The molecule has 1 amide bonds. The maximum Gasteiger partial charge on any atom is 0.246 e. The molecule has 130 valence electrons. The Bertz CT molecular complexity index is 810. The summed E-state index contributed by atoms with van der Waals surface area (Å²) in [5.41, 5.74) is 1.09. The molecule has 2 N–H and O–H groups in total. The Morgan fingerprint density at radius 1 is 1.33 bits per heavy atom. The Kier molecular flexibility index (Phi) is 5.58. The maximum absolute atomic E-state index is 12.2. The molecule has 0 aliphatic rings. The van der Waals surface area contributed by atoms with E-state index >= 15 is 0 Å². The minimum absolute atomic E-state index is 0.0388. The zero-order valence-electron chi connectivity index (χ0n) is 13.6. The molecule has 1 aromatic heterocycles. The fraction of sp³-hybridized carbons (Fsp3) is 0.333. The van der Waals surface area contributed by atoms with Crippen molar-refractivity contribution in [1.82, 2.24) is 15.2 Å². The molecule has 0 aliphatic carbocycles. The highest BCUT2D eigenvalue weighted by atomic mass is 32.2. The molecule has 0 radical (unpaired) electrons. The maximum atomic E-state index is 12.2. The molecular weight excluding hydrogens is 334 g/mol. The monoisotopic (exact) mass is 353 g/mol. The second kappa shape index (κ2) is 7.45. The lowest BCUT2D eigenvalue weighted by Gasteiger charge is -2.08. The average Bonchev–Trinajstić information content (AvgIpc) is 2.90. The Labute approximate surface area is 140 Å². The van der Waals surface area contributed by atoms with Gasteiger partial charge in [0.25, 0.3) is 0 Å². The molecule has 0 bridgehead atoms. The lowest BCUT2D eigenvalue weighted by molar-refractivity contribution is -0.120. The van der Waals surface area contributed by atoms with E-state index in [-0.39, 0.29) is 29.4 Å². The van der Waals surface area contributed by atoms with E-state index in [1.165, 1.54) is 13.8 Å². The van der Waals surface area contributed by atoms with Crippen molar-refractivity contribution in [2.45, 2.75) is 25.3 Å². The summed E-state index contributed by atoms with van der Waals surface area (Å²) in [5, 5.41) is 6.23. The van der Waals surface area contributed by atoms with Gasteiger partial charge >= 0.3 is 0 Å². The predicted octanol–water partition coefficient (Wildman–Crippen LogP) is 0.895. The van der Waals surface area contributed by atoms with Crippen molar-refractivity contribution < 1.29 is 22.5 Å². The van der Waals surface area contributed by atoms with Crippen LogP contribution in [0.4, 0.5) is 0 Å². The SMILES string of the molecule is COc1cccc(CNC(=O)CNS(=O)(=O)c2c(C)noc2C)c1. The van der Waals surface area contributed by atoms with Gasteiger partial charge in [-0.1, -0.05) is 17.3 Å². The molecule has 2 rings (SSSR count). The van der Waals surface area contributed by atoms with Gasteiger partial charge in [0.2, 0.25) is 15.9 Å². The molecule has 1 aromatic carbocycles. The van der Waals surface area contributed by atoms with Gasteiger partial charge in [-0.25, -0.2) is 13.1 Å². The van der Waals surface area contributed by atoms with E-state index in [1.807, 2.05) is 6.07 Å². The van der Waals surface area contributed by atoms with Crippen LogP contribution in [0.5, 0.6) is 5.75 Å². The van der Waals surface area contributed by atoms with Crippen LogP contribution < -0.4 is 14.8 Å². The van der Waals surface area contributed by atoms with Crippen LogP contribution in [0.2, 0.25) is 0 Å². The Balaban J connectivity index is 1.91. The van der Waals surface area contributed by atoms with E-state index in [4.69, 9.17) is 9.26 Å². The third-order valence-electron chi connectivity index (χ3n) is 3.28. The molecule has 0 spiro atoms. The molecule has 2 aromatic rings. The number of hydrogen-bond acceptors (Lipinski definition) is 6. The third kappa shape index (κ3) is 4.33. The standard InChI is InChI=1S/C15H19N3O5S/c1-10-15(11(2)23-18-10)24(20,21)17-9-14(19)16-8-12-5-4-6-13(7-12)22-3/h4-7,17H,8-9H2,1-3H3,(H,16,19). The minimum atomic E-state index is -3.85. The molecule has 0 saturated heterocycles. The third-order valence-corrected chi connectivity index (χ3v) is 4.93. The molecule has 0 aliphatic heterocycles. The first-order chi connectivity index (χ1) is 11.3. The van der Waals surface area contributed by atoms with Gasteiger partial charge in [0.05, 0.1) is 13.7 Å². The van der Waals surface area contributed by atoms with Crippen LogP contribution in [0.1, 0.15) is 17.0 Å². The van der Waals surface area contributed by atoms with Crippen LogP contribution in [0.3, 0.4) is 0 Å². The second-order valence-electron chi connectivity index (χ2n) is 5.11. The fourth-order valence-electron chi connectivity index (χ4n) is 2.14. The van der Waals surface area contributed by atoms with Crippen LogP contribution in [0, 0.1) is 13.8 Å². The van der Waals surface area contributed by atoms with Crippen molar-refractivity contribution >= 4 is 15.9 Å². The first-order valence-electron chi connectivity index (χ1n) is 7.15. The van der Waals surface area contributed by atoms with Crippen LogP contribution in [-0.2, 0) is 21.4 Å². The van der Waals surface area contributed by atoms with Gasteiger partial charge in [0.15, 0.2) is 5.76 Å². The van der Waals surface area contributed by atoms with E-state index in [9.17, 15) is 13.2 Å². The number of rotatable bonds is 7. The van der Waals surface area contributed by atoms with Gasteiger partial charge < -0.3 is 14.6 Å². The number of methoxy groups -OCH3 is 1. The molecule has 1 heterocycles. The zero-order chi connectivity index (χ0) is 17.7. The lowest BCUT2D eigenvalue weighted by atomic mass is 10.2. The average molecular weight is 353 g/mol. The van der Waals surface area contributed by atoms with Gasteiger partial charge in [0.1, 0.15) is 16.3 Å². The highest BCUT2D eigenvalue weighted by Crippen LogP contribution is 2.18. The summed E-state index contributed by atoms with van der Waals surface area (Å²) in [6.07, 6.45) is 0. The van der Waals surface area contributed by atoms with Gasteiger partial charge in [0, 0.05) is 6.54 Å². The van der Waals surface area contributed by atoms with Crippen molar-refractivity contribution in [2.24, 2.45) is 0 Å². The highest BCUT2D eigenvalue weighted by molar-refractivity contribution is 7.89. The van der Waals surface area contributed by atoms with Gasteiger partial charge in [-0.3, -0.25) is 4.79 Å². The molecule has 0 saturated carbocycles. The summed E-state index contributed by atoms with van der Waals surface area (Å²) in [4.78, 5) is 11.8. The number of carbonyl (C=O) groups is 1. The Morgan fingerprint density at radius 2 is 2.08 bits per heavy atom. The summed E-state index contributed by atoms with van der Waals surface area (Å²) < 4.78 is 36.5. The molecule has 9 heteroatoms. The van der Waals surface area contributed by atoms with Crippen LogP contribution in [0.25, 0.3) is 0 Å². The number of nitrogens with one attached hydrogen (secondary N) is 2. The van der Waals surface area contributed by atoms with Crippen molar-refractivity contribution in [3.05, 3.63) is 41.3 Å². The smallest absolute Gasteiger partial charge is 0.246 e. The largest absolute Gasteiger partial charge is 0.497 e. The summed E-state index contributed by atoms with van der Waals surface area (Å²) >= 11 is 0. The number of carbonyl (C=O) groups excluding carboxylic acids is 1. The van der Waals surface area contributed by atoms with Crippen molar-refractivity contribution in [3.8, 4) is 5.75 Å². The van der Waals surface area contributed by atoms with E-state index in [2.05, 4.69) is 15.2 Å². The first kappa shape index (κ1) is 18.0. The number of amides is 1. The molecule has 0 fully saturated rings. The number of ether oxygens (including phenoxy) is 1. The van der Waals surface area contributed by atoms with Gasteiger partial charge in [-0.05, 0) is 31.5 Å². The summed E-state index contributed by atoms with van der Waals surface area (Å²) in [7, 11) is -2.30. The summed E-state index contributed by atoms with van der Waals surface area (Å²) in [6.45, 7) is 2.91. The van der Waals surface area contributed by atoms with Crippen molar-refractivity contribution in [1.29, 1.82) is 0 Å². The van der Waals surface area contributed by atoms with E-state index in [1.54, 1.807) is 25.3 Å². The first-order valence-corrected chi connectivity index (χ1v) is 8.64. The van der Waals surface area contributed by atoms with Crippen LogP contribution in [0.15, 0.2) is 33.7 Å². The van der Waals surface area contributed by atoms with E-state index < -0.39 is 15.9 Å². The van der Waals surface area contributed by atoms with Crippen molar-refractivity contribution in [2.75, 3.05) is 13.7 Å². The predicted molar refractivity (Wildman–Crippen MR) is 86.0 cm³/mol. The number of sulfonamides is 1. The Morgan fingerprint density at radius 3 is 2.71 bits per heavy atom. The normalized spacial score (nSPS) is 11.3. The van der Waals surface area contributed by atoms with Crippen LogP contribution >= 0.6 is 0 Å². The summed E-state index contributed by atoms with van der Waals surface area (Å²) in [6, 6.07) is 7.22. The fourth-order valence-corrected chi connectivity index (χ4v) is 3.44. The molecular formula is C15H19N3O5S. The molecule has 8 nitrogen and oxygen atoms in total. The topological polar surface area (TPSA) is 111 Å². The van der Waals surface area contributed by atoms with Gasteiger partial charge in [-0.2, -0.15) is 0 Å². The summed E-state index contributed by atoms with van der Waals surface area (Å²) in [5.74, 6) is 0.408. The highest BCUT2D eigenvalue weighted by Gasteiger charge is 2.24. The number of hydrogen-bond donors (Lipinski definition) is 2. The molecule has 24 heavy (non-hydrogen) atoms. The number of nitrogens with zero attached hydrogens (tertiary/aromatic N) is 1. The van der Waals surface area contributed by atoms with Crippen molar-refractivity contribution in [3.63, 3.8) is 0 Å². The Hall–Kier alpha value is -2.39. The minimum Gasteiger partial charge on any atom is -0.497 e. The zero-order valence-corrected chi connectivity index (χ0v) is 14.4. The van der Waals surface area contributed by atoms with E-state index in [0.717, 1.165) is 5.56 Å². The number of aryl methyl sites for hydroxylation is 2. The van der Waals surface area contributed by atoms with E-state index in [0.29, 0.717) is 5.75 Å².